The van der Waals surface area contributed by atoms with Crippen LogP contribution in [0.25, 0.3) is 0 Å². The van der Waals surface area contributed by atoms with Crippen LogP contribution in [0.3, 0.4) is 0 Å². The fraction of sp³-hybridized carbons (Fsp3) is 0.700. The number of hydrogen-bond acceptors (Lipinski definition) is 1. The molecule has 0 spiro atoms. The molecule has 0 aliphatic carbocycles. The van der Waals surface area contributed by atoms with E-state index in [1.807, 2.05) is 12.4 Å². The second kappa shape index (κ2) is 3.74. The van der Waals surface area contributed by atoms with Gasteiger partial charge in [-0.15, -0.1) is 0 Å². The molecule has 1 N–H and O–H groups in total. The second-order valence-corrected chi connectivity index (χ2v) is 4.52. The summed E-state index contributed by atoms with van der Waals surface area (Å²) >= 11 is 0. The molecule has 2 heteroatoms. The molecule has 0 saturated heterocycles. The number of hydrogen-bond donors (Lipinski definition) is 1. The highest BCUT2D eigenvalue weighted by molar-refractivity contribution is 5.02. The molecular weight excluding hydrogens is 148 g/mol. The molecule has 0 aliphatic heterocycles. The van der Waals surface area contributed by atoms with Gasteiger partial charge in [-0.1, -0.05) is 20.8 Å². The predicted molar refractivity (Wildman–Crippen MR) is 51.0 cm³/mol. The summed E-state index contributed by atoms with van der Waals surface area (Å²) in [5, 5.41) is 6.74. The number of aryl methyl sites for hydroxylation is 1. The molecule has 0 aromatic carbocycles. The lowest BCUT2D eigenvalue weighted by Gasteiger charge is -2.16. The molecule has 0 saturated carbocycles. The van der Waals surface area contributed by atoms with E-state index in [1.54, 1.807) is 0 Å². The molecule has 1 heterocycles. The van der Waals surface area contributed by atoms with Gasteiger partial charge in [0, 0.05) is 6.20 Å². The smallest absolute Gasteiger partial charge is 0.0519 e. The third kappa shape index (κ3) is 3.56. The van der Waals surface area contributed by atoms with Crippen LogP contribution < -0.4 is 0 Å². The lowest BCUT2D eigenvalue weighted by molar-refractivity contribution is 0.365. The first-order chi connectivity index (χ1) is 5.58. The summed E-state index contributed by atoms with van der Waals surface area (Å²) in [6.45, 7) is 6.84. The number of aromatic nitrogens is 2. The van der Waals surface area contributed by atoms with Crippen molar-refractivity contribution in [2.75, 3.05) is 0 Å². The van der Waals surface area contributed by atoms with Crippen LogP contribution in [0.4, 0.5) is 0 Å². The molecule has 1 aromatic rings. The summed E-state index contributed by atoms with van der Waals surface area (Å²) in [4.78, 5) is 0. The Labute approximate surface area is 74.4 Å². The van der Waals surface area contributed by atoms with Crippen LogP contribution in [-0.4, -0.2) is 10.2 Å². The SMILES string of the molecule is CC(C)(C)CCCc1cn[nH]c1. The van der Waals surface area contributed by atoms with Gasteiger partial charge in [-0.3, -0.25) is 5.10 Å². The molecular formula is C10H18N2. The summed E-state index contributed by atoms with van der Waals surface area (Å²) in [5.41, 5.74) is 1.78. The predicted octanol–water partition coefficient (Wildman–Crippen LogP) is 2.78. The molecule has 0 unspecified atom stereocenters. The van der Waals surface area contributed by atoms with Gasteiger partial charge in [0.25, 0.3) is 0 Å². The van der Waals surface area contributed by atoms with E-state index in [0.717, 1.165) is 6.42 Å². The Balaban J connectivity index is 2.20. The summed E-state index contributed by atoms with van der Waals surface area (Å²) in [5.74, 6) is 0. The summed E-state index contributed by atoms with van der Waals surface area (Å²) in [7, 11) is 0. The molecule has 0 radical (unpaired) electrons. The van der Waals surface area contributed by atoms with Gasteiger partial charge in [-0.05, 0) is 30.2 Å². The summed E-state index contributed by atoms with van der Waals surface area (Å²) in [6, 6.07) is 0. The topological polar surface area (TPSA) is 28.7 Å². The number of H-pyrrole nitrogens is 1. The number of aromatic amines is 1. The fourth-order valence-electron chi connectivity index (χ4n) is 1.24. The van der Waals surface area contributed by atoms with Crippen LogP contribution in [0.5, 0.6) is 0 Å². The maximum absolute atomic E-state index is 3.91. The van der Waals surface area contributed by atoms with Gasteiger partial charge in [-0.2, -0.15) is 5.10 Å². The maximum atomic E-state index is 3.91. The zero-order valence-corrected chi connectivity index (χ0v) is 8.22. The molecule has 68 valence electrons. The number of nitrogens with one attached hydrogen (secondary N) is 1. The first-order valence-electron chi connectivity index (χ1n) is 4.55. The van der Waals surface area contributed by atoms with E-state index in [-0.39, 0.29) is 0 Å². The maximum Gasteiger partial charge on any atom is 0.0519 e. The Morgan fingerprint density at radius 1 is 1.42 bits per heavy atom. The van der Waals surface area contributed by atoms with Crippen LogP contribution in [0, 0.1) is 5.41 Å². The molecule has 1 aromatic heterocycles. The van der Waals surface area contributed by atoms with Gasteiger partial charge in [0.1, 0.15) is 0 Å². The van der Waals surface area contributed by atoms with Crippen LogP contribution in [-0.2, 0) is 6.42 Å². The van der Waals surface area contributed by atoms with Gasteiger partial charge < -0.3 is 0 Å². The highest BCUT2D eigenvalue weighted by Gasteiger charge is 2.09. The highest BCUT2D eigenvalue weighted by Crippen LogP contribution is 2.21. The highest BCUT2D eigenvalue weighted by atomic mass is 15.1. The van der Waals surface area contributed by atoms with Gasteiger partial charge in [-0.25, -0.2) is 0 Å². The van der Waals surface area contributed by atoms with Gasteiger partial charge in [0.2, 0.25) is 0 Å². The van der Waals surface area contributed by atoms with Gasteiger partial charge >= 0.3 is 0 Å². The zero-order chi connectivity index (χ0) is 9.03. The van der Waals surface area contributed by atoms with Gasteiger partial charge in [0.05, 0.1) is 6.20 Å². The largest absolute Gasteiger partial charge is 0.285 e. The van der Waals surface area contributed by atoms with Crippen molar-refractivity contribution in [2.45, 2.75) is 40.0 Å². The van der Waals surface area contributed by atoms with Crippen LogP contribution in [0.15, 0.2) is 12.4 Å². The molecule has 1 rings (SSSR count). The summed E-state index contributed by atoms with van der Waals surface area (Å²) < 4.78 is 0. The molecule has 12 heavy (non-hydrogen) atoms. The van der Waals surface area contributed by atoms with Crippen molar-refractivity contribution in [3.63, 3.8) is 0 Å². The third-order valence-corrected chi connectivity index (χ3v) is 1.95. The Hall–Kier alpha value is -0.790. The zero-order valence-electron chi connectivity index (χ0n) is 8.22. The van der Waals surface area contributed by atoms with Crippen LogP contribution in [0.1, 0.15) is 39.2 Å². The van der Waals surface area contributed by atoms with Crippen molar-refractivity contribution < 1.29 is 0 Å². The van der Waals surface area contributed by atoms with Crippen molar-refractivity contribution in [1.29, 1.82) is 0 Å². The summed E-state index contributed by atoms with van der Waals surface area (Å²) in [6.07, 6.45) is 7.56. The average Bonchev–Trinajstić information content (AvgIpc) is 2.36. The van der Waals surface area contributed by atoms with E-state index in [1.165, 1.54) is 18.4 Å². The Morgan fingerprint density at radius 3 is 2.67 bits per heavy atom. The lowest BCUT2D eigenvalue weighted by atomic mass is 9.89. The monoisotopic (exact) mass is 166 g/mol. The van der Waals surface area contributed by atoms with Crippen molar-refractivity contribution in [3.05, 3.63) is 18.0 Å². The van der Waals surface area contributed by atoms with E-state index in [4.69, 9.17) is 0 Å². The fourth-order valence-corrected chi connectivity index (χ4v) is 1.24. The molecule has 0 aliphatic rings. The third-order valence-electron chi connectivity index (χ3n) is 1.95. The van der Waals surface area contributed by atoms with Crippen LogP contribution in [0.2, 0.25) is 0 Å². The average molecular weight is 166 g/mol. The van der Waals surface area contributed by atoms with Crippen molar-refractivity contribution in [3.8, 4) is 0 Å². The molecule has 0 amide bonds. The first kappa shape index (κ1) is 9.30. The quantitative estimate of drug-likeness (QED) is 0.735. The standard InChI is InChI=1S/C10H18N2/c1-10(2,3)6-4-5-9-7-11-12-8-9/h7-8H,4-6H2,1-3H3,(H,11,12). The number of rotatable bonds is 3. The van der Waals surface area contributed by atoms with Gasteiger partial charge in [0.15, 0.2) is 0 Å². The minimum Gasteiger partial charge on any atom is -0.285 e. The van der Waals surface area contributed by atoms with Crippen molar-refractivity contribution in [1.82, 2.24) is 10.2 Å². The van der Waals surface area contributed by atoms with Crippen molar-refractivity contribution in [2.24, 2.45) is 5.41 Å². The van der Waals surface area contributed by atoms with Crippen molar-refractivity contribution >= 4 is 0 Å². The Morgan fingerprint density at radius 2 is 2.17 bits per heavy atom. The first-order valence-corrected chi connectivity index (χ1v) is 4.55. The number of nitrogens with zero attached hydrogens (tertiary/aromatic N) is 1. The van der Waals surface area contributed by atoms with E-state index in [0.29, 0.717) is 5.41 Å². The minimum absolute atomic E-state index is 0.462. The molecule has 0 bridgehead atoms. The van der Waals surface area contributed by atoms with E-state index >= 15 is 0 Å². The normalized spacial score (nSPS) is 11.9. The Bertz CT molecular complexity index is 206. The molecule has 0 atom stereocenters. The van der Waals surface area contributed by atoms with E-state index in [9.17, 15) is 0 Å². The molecule has 0 fully saturated rings. The van der Waals surface area contributed by atoms with E-state index in [2.05, 4.69) is 31.0 Å². The second-order valence-electron chi connectivity index (χ2n) is 4.52. The molecule has 2 nitrogen and oxygen atoms in total. The van der Waals surface area contributed by atoms with Crippen LogP contribution >= 0.6 is 0 Å². The Kier molecular flexibility index (Phi) is 2.90. The minimum atomic E-state index is 0.462. The van der Waals surface area contributed by atoms with E-state index < -0.39 is 0 Å². The lowest BCUT2D eigenvalue weighted by Crippen LogP contribution is -2.04.